The van der Waals surface area contributed by atoms with Crippen LogP contribution in [0.2, 0.25) is 0 Å². The summed E-state index contributed by atoms with van der Waals surface area (Å²) in [7, 11) is 0. The molecule has 0 spiro atoms. The highest BCUT2D eigenvalue weighted by Crippen LogP contribution is 2.48. The minimum Gasteiger partial charge on any atom is -0.354 e. The molecule has 7 aromatic rings. The summed E-state index contributed by atoms with van der Waals surface area (Å²) in [6.45, 7) is 18.9. The molecular weight excluding hydrogens is 1450 g/mol. The van der Waals surface area contributed by atoms with Gasteiger partial charge in [-0.3, -0.25) is 0 Å². The minimum atomic E-state index is 1.09. The van der Waals surface area contributed by atoms with Gasteiger partial charge in [-0.05, 0) is 172 Å². The molecule has 9 rings (SSSR count). The van der Waals surface area contributed by atoms with E-state index in [9.17, 15) is 0 Å². The molecule has 0 saturated heterocycles. The zero-order valence-electron chi connectivity index (χ0n) is 79.7. The Hall–Kier alpha value is -5.48. The van der Waals surface area contributed by atoms with Crippen molar-refractivity contribution in [3.05, 3.63) is 117 Å². The van der Waals surface area contributed by atoms with Gasteiger partial charge >= 0.3 is 0 Å². The monoisotopic (exact) mass is 1630 g/mol. The number of aryl methyl sites for hydroxylation is 8. The first kappa shape index (κ1) is 98.3. The molecule has 5 heterocycles. The molecule has 4 heteroatoms. The summed E-state index contributed by atoms with van der Waals surface area (Å²) < 4.78 is 0. The van der Waals surface area contributed by atoms with Crippen molar-refractivity contribution in [3.63, 3.8) is 0 Å². The van der Waals surface area contributed by atoms with Crippen LogP contribution in [0, 0.1) is 0 Å². The summed E-state index contributed by atoms with van der Waals surface area (Å²) in [5.74, 6) is 0. The second-order valence-electron chi connectivity index (χ2n) is 38.6. The number of aromatic nitrogens is 4. The molecule has 120 heavy (non-hydrogen) atoms. The summed E-state index contributed by atoms with van der Waals surface area (Å²) in [6.07, 6.45) is 93.6. The SMILES string of the molecule is CCCCCCCCCCc1ccc(CCCCCCCCCC)c2c1-c1cc3[nH]c(cc4nc(cc5[nH]c(cc-2n1)c1c(CCCCCCCCCC)ccc(CCCCCCCCCC)c51)-c1c(CCCCCCCCCC)ccc(CCCCCCCCCC)c1-4)c1c(CCCCCCCCCC)ccc(CCCCCCCCCC)c31. The number of nitrogens with one attached hydrogen (secondary N) is 2. The van der Waals surface area contributed by atoms with E-state index in [1.54, 1.807) is 0 Å². The number of unbranched alkanes of at least 4 members (excludes halogenated alkanes) is 56. The molecule has 2 aliphatic rings. The topological polar surface area (TPSA) is 57.4 Å². The van der Waals surface area contributed by atoms with Crippen LogP contribution in [-0.4, -0.2) is 19.9 Å². The zero-order chi connectivity index (χ0) is 84.1. The third-order valence-corrected chi connectivity index (χ3v) is 28.2. The Morgan fingerprint density at radius 2 is 0.283 bits per heavy atom. The molecule has 8 bridgehead atoms. The van der Waals surface area contributed by atoms with E-state index >= 15 is 0 Å². The van der Waals surface area contributed by atoms with E-state index in [1.165, 1.54) is 544 Å². The third kappa shape index (κ3) is 32.8. The lowest BCUT2D eigenvalue weighted by Crippen LogP contribution is -1.97. The van der Waals surface area contributed by atoms with E-state index in [4.69, 9.17) is 9.97 Å². The van der Waals surface area contributed by atoms with E-state index in [2.05, 4.69) is 138 Å². The van der Waals surface area contributed by atoms with Gasteiger partial charge in [-0.1, -0.05) is 463 Å². The standard InChI is InChI=1S/C116H182N4/c1-9-17-25-33-41-49-57-65-73-93-81-82-94(74-66-58-50-42-34-26-18-10-2)110-102-90-104-112-96(76-68-60-52-44-36-28-20-12-4)85-86-98(78-70-62-54-46-38-30-22-14-6)114(112)106(119-104)92-108-116-100(80-72-64-56-48-40-32-24-16-8)88-87-99(79-71-63-55-47-39-31-23-15-7)115(116)107(120-108)91-105-113-97(77-69-61-53-45-37-29-21-13-5)84-83-95(75-67-59-51-43-35-27-19-11-3)111(113)103(118-105)89-101(117-102)109(93)110/h81-92,117,120H,9-80H2,1-8H3. The molecule has 0 unspecified atom stereocenters. The fourth-order valence-electron chi connectivity index (χ4n) is 20.8. The molecule has 0 atom stereocenters. The lowest BCUT2D eigenvalue weighted by molar-refractivity contribution is 0.575. The van der Waals surface area contributed by atoms with E-state index in [1.807, 2.05) is 0 Å². The van der Waals surface area contributed by atoms with Crippen molar-refractivity contribution >= 4 is 43.6 Å². The first-order valence-electron chi connectivity index (χ1n) is 53.3. The van der Waals surface area contributed by atoms with Crippen LogP contribution in [0.5, 0.6) is 0 Å². The van der Waals surface area contributed by atoms with Gasteiger partial charge in [0.25, 0.3) is 0 Å². The molecule has 4 aromatic carbocycles. The molecule has 2 N–H and O–H groups in total. The van der Waals surface area contributed by atoms with Crippen molar-refractivity contribution in [1.82, 2.24) is 19.9 Å². The number of rotatable bonds is 72. The predicted octanol–water partition coefficient (Wildman–Crippen LogP) is 38.8. The quantitative estimate of drug-likeness (QED) is 0.0373. The number of benzene rings is 4. The van der Waals surface area contributed by atoms with E-state index in [-0.39, 0.29) is 0 Å². The third-order valence-electron chi connectivity index (χ3n) is 28.2. The van der Waals surface area contributed by atoms with Gasteiger partial charge in [0, 0.05) is 65.9 Å². The van der Waals surface area contributed by atoms with Crippen LogP contribution in [0.15, 0.2) is 72.8 Å². The van der Waals surface area contributed by atoms with Crippen molar-refractivity contribution in [2.45, 2.75) is 518 Å². The maximum atomic E-state index is 6.34. The maximum Gasteiger partial charge on any atom is 0.0740 e. The number of H-pyrrole nitrogens is 2. The average Bonchev–Trinajstić information content (AvgIpc) is 1.58. The van der Waals surface area contributed by atoms with Crippen LogP contribution in [0.1, 0.15) is 511 Å². The molecule has 4 nitrogen and oxygen atoms in total. The molecular formula is C116H182N4. The van der Waals surface area contributed by atoms with Crippen molar-refractivity contribution in [2.75, 3.05) is 0 Å². The number of nitrogens with zero attached hydrogens (tertiary/aromatic N) is 2. The smallest absolute Gasteiger partial charge is 0.0740 e. The maximum absolute atomic E-state index is 6.34. The van der Waals surface area contributed by atoms with Gasteiger partial charge < -0.3 is 9.97 Å². The molecule has 0 fully saturated rings. The molecule has 0 aliphatic carbocycles. The molecule has 0 amide bonds. The van der Waals surface area contributed by atoms with Crippen molar-refractivity contribution < 1.29 is 0 Å². The number of hydrogen-bond acceptors (Lipinski definition) is 2. The molecule has 2 aliphatic heterocycles. The number of aromatic amines is 2. The molecule has 3 aromatic heterocycles. The average molecular weight is 1630 g/mol. The Kier molecular flexibility index (Phi) is 49.3. The van der Waals surface area contributed by atoms with E-state index in [0.29, 0.717) is 0 Å². The van der Waals surface area contributed by atoms with Crippen LogP contribution in [0.25, 0.3) is 88.6 Å². The first-order chi connectivity index (χ1) is 59.4. The van der Waals surface area contributed by atoms with Gasteiger partial charge in [0.1, 0.15) is 0 Å². The van der Waals surface area contributed by atoms with E-state index in [0.717, 1.165) is 51.4 Å². The van der Waals surface area contributed by atoms with Crippen LogP contribution in [0.3, 0.4) is 0 Å². The lowest BCUT2D eigenvalue weighted by atomic mass is 9.88. The highest BCUT2D eigenvalue weighted by Gasteiger charge is 2.29. The highest BCUT2D eigenvalue weighted by atomic mass is 14.8. The molecule has 666 valence electrons. The van der Waals surface area contributed by atoms with Crippen LogP contribution in [0.4, 0.5) is 0 Å². The number of hydrogen-bond donors (Lipinski definition) is 2. The molecule has 0 radical (unpaired) electrons. The fraction of sp³-hybridized carbons (Fsp3) is 0.690. The van der Waals surface area contributed by atoms with Crippen LogP contribution in [-0.2, 0) is 51.4 Å². The fourth-order valence-corrected chi connectivity index (χ4v) is 20.8. The summed E-state index contributed by atoms with van der Waals surface area (Å²) in [6, 6.07) is 31.5. The van der Waals surface area contributed by atoms with Gasteiger partial charge in [-0.15, -0.1) is 0 Å². The van der Waals surface area contributed by atoms with Gasteiger partial charge in [0.15, 0.2) is 0 Å². The summed E-state index contributed by atoms with van der Waals surface area (Å²) in [5, 5.41) is 5.83. The Morgan fingerprint density at radius 3 is 0.433 bits per heavy atom. The van der Waals surface area contributed by atoms with E-state index < -0.39 is 0 Å². The van der Waals surface area contributed by atoms with Gasteiger partial charge in [0.05, 0.1) is 22.8 Å². The zero-order valence-corrected chi connectivity index (χ0v) is 79.7. The second kappa shape index (κ2) is 60.2. The van der Waals surface area contributed by atoms with Crippen molar-refractivity contribution in [1.29, 1.82) is 0 Å². The van der Waals surface area contributed by atoms with Crippen LogP contribution < -0.4 is 0 Å². The Morgan fingerprint density at radius 1 is 0.158 bits per heavy atom. The minimum absolute atomic E-state index is 1.09. The van der Waals surface area contributed by atoms with Crippen LogP contribution >= 0.6 is 0 Å². The van der Waals surface area contributed by atoms with Crippen molar-refractivity contribution in [3.8, 4) is 45.0 Å². The summed E-state index contributed by atoms with van der Waals surface area (Å²) in [4.78, 5) is 21.7. The summed E-state index contributed by atoms with van der Waals surface area (Å²) in [5.41, 5.74) is 27.5. The largest absolute Gasteiger partial charge is 0.354 e. The first-order valence-corrected chi connectivity index (χ1v) is 53.3. The highest BCUT2D eigenvalue weighted by molar-refractivity contribution is 6.14. The van der Waals surface area contributed by atoms with Gasteiger partial charge in [-0.2, -0.15) is 0 Å². The molecule has 0 saturated carbocycles. The lowest BCUT2D eigenvalue weighted by Gasteiger charge is -2.14. The Labute approximate surface area is 738 Å². The normalized spacial score (nSPS) is 12.1. The predicted molar refractivity (Wildman–Crippen MR) is 535 cm³/mol. The van der Waals surface area contributed by atoms with Gasteiger partial charge in [-0.25, -0.2) is 9.97 Å². The number of fused-ring (bicyclic) bond motifs is 20. The van der Waals surface area contributed by atoms with Gasteiger partial charge in [0.2, 0.25) is 0 Å². The van der Waals surface area contributed by atoms with Crippen molar-refractivity contribution in [2.24, 2.45) is 0 Å². The Bertz CT molecular complexity index is 3580. The second-order valence-corrected chi connectivity index (χ2v) is 38.6. The Balaban J connectivity index is 1.37. The summed E-state index contributed by atoms with van der Waals surface area (Å²) >= 11 is 0.